The van der Waals surface area contributed by atoms with E-state index >= 15 is 0 Å². The van der Waals surface area contributed by atoms with Crippen LogP contribution in [0.3, 0.4) is 0 Å². The molecule has 0 aromatic heterocycles. The third-order valence-electron chi connectivity index (χ3n) is 2.98. The van der Waals surface area contributed by atoms with Gasteiger partial charge in [-0.15, -0.1) is 0 Å². The summed E-state index contributed by atoms with van der Waals surface area (Å²) in [5, 5.41) is 11.6. The van der Waals surface area contributed by atoms with Crippen LogP contribution in [0.25, 0.3) is 0 Å². The van der Waals surface area contributed by atoms with Crippen LogP contribution in [0.2, 0.25) is 0 Å². The summed E-state index contributed by atoms with van der Waals surface area (Å²) in [7, 11) is 3.23. The van der Waals surface area contributed by atoms with Gasteiger partial charge in [0.2, 0.25) is 0 Å². The monoisotopic (exact) mass is 267 g/mol. The van der Waals surface area contributed by atoms with Crippen molar-refractivity contribution in [1.82, 2.24) is 5.32 Å². The summed E-state index contributed by atoms with van der Waals surface area (Å²) < 4.78 is 10.6. The van der Waals surface area contributed by atoms with Crippen molar-refractivity contribution in [1.29, 1.82) is 0 Å². The van der Waals surface area contributed by atoms with Crippen LogP contribution in [0, 0.1) is 0 Å². The average molecular weight is 267 g/mol. The van der Waals surface area contributed by atoms with Crippen LogP contribution in [-0.2, 0) is 10.2 Å². The number of hydrogen-bond donors (Lipinski definition) is 2. The lowest BCUT2D eigenvalue weighted by molar-refractivity contribution is -0.136. The molecule has 5 nitrogen and oxygen atoms in total. The molecule has 0 atom stereocenters. The minimum atomic E-state index is -0.867. The molecule has 0 aliphatic carbocycles. The van der Waals surface area contributed by atoms with Crippen LogP contribution in [-0.4, -0.2) is 38.4 Å². The molecular formula is C14H21NO4. The van der Waals surface area contributed by atoms with Gasteiger partial charge in [0.05, 0.1) is 20.8 Å². The first-order valence-electron chi connectivity index (χ1n) is 6.05. The van der Waals surface area contributed by atoms with Crippen LogP contribution in [0.1, 0.15) is 19.4 Å². The number of rotatable bonds is 7. The number of carboxylic acid groups (broad SMARTS) is 1. The van der Waals surface area contributed by atoms with Crippen molar-refractivity contribution in [3.63, 3.8) is 0 Å². The summed E-state index contributed by atoms with van der Waals surface area (Å²) in [6, 6.07) is 5.61. The molecule has 2 N–H and O–H groups in total. The second kappa shape index (κ2) is 6.43. The number of methoxy groups -OCH3 is 2. The van der Waals surface area contributed by atoms with Crippen LogP contribution in [0.4, 0.5) is 0 Å². The van der Waals surface area contributed by atoms with Crippen molar-refractivity contribution < 1.29 is 19.4 Å². The Kier molecular flexibility index (Phi) is 5.18. The summed E-state index contributed by atoms with van der Waals surface area (Å²) in [6.07, 6.45) is 0. The maximum Gasteiger partial charge on any atom is 0.317 e. The fourth-order valence-corrected chi connectivity index (χ4v) is 1.92. The van der Waals surface area contributed by atoms with Gasteiger partial charge in [0.15, 0.2) is 0 Å². The topological polar surface area (TPSA) is 67.8 Å². The first-order valence-corrected chi connectivity index (χ1v) is 6.05. The number of benzene rings is 1. The number of nitrogens with one attached hydrogen (secondary N) is 1. The summed E-state index contributed by atoms with van der Waals surface area (Å²) in [5.41, 5.74) is 0.710. The second-order valence-corrected chi connectivity index (χ2v) is 4.95. The Labute approximate surface area is 113 Å². The van der Waals surface area contributed by atoms with Crippen molar-refractivity contribution in [2.75, 3.05) is 27.3 Å². The molecule has 0 fully saturated rings. The standard InChI is InChI=1S/C14H21NO4/c1-14(2,9-15-8-13(16)17)11-7-10(18-3)5-6-12(11)19-4/h5-7,15H,8-9H2,1-4H3,(H,16,17). The zero-order valence-corrected chi connectivity index (χ0v) is 11.8. The minimum Gasteiger partial charge on any atom is -0.497 e. The quantitative estimate of drug-likeness (QED) is 0.786. The first-order chi connectivity index (χ1) is 8.90. The van der Waals surface area contributed by atoms with Crippen molar-refractivity contribution in [2.24, 2.45) is 0 Å². The van der Waals surface area contributed by atoms with Gasteiger partial charge in [-0.05, 0) is 18.2 Å². The van der Waals surface area contributed by atoms with Crippen molar-refractivity contribution in [2.45, 2.75) is 19.3 Å². The molecule has 0 saturated carbocycles. The zero-order valence-electron chi connectivity index (χ0n) is 11.8. The first kappa shape index (κ1) is 15.3. The highest BCUT2D eigenvalue weighted by Gasteiger charge is 2.25. The molecular weight excluding hydrogens is 246 g/mol. The Morgan fingerprint density at radius 3 is 2.53 bits per heavy atom. The highest BCUT2D eigenvalue weighted by atomic mass is 16.5. The molecule has 0 aliphatic rings. The van der Waals surface area contributed by atoms with Gasteiger partial charge in [-0.1, -0.05) is 13.8 Å². The van der Waals surface area contributed by atoms with Gasteiger partial charge in [0.1, 0.15) is 11.5 Å². The van der Waals surface area contributed by atoms with Gasteiger partial charge >= 0.3 is 5.97 Å². The van der Waals surface area contributed by atoms with Crippen LogP contribution >= 0.6 is 0 Å². The molecule has 0 spiro atoms. The molecule has 0 radical (unpaired) electrons. The number of ether oxygens (including phenoxy) is 2. The Morgan fingerprint density at radius 1 is 1.32 bits per heavy atom. The molecule has 0 bridgehead atoms. The maximum absolute atomic E-state index is 10.5. The molecule has 0 amide bonds. The molecule has 0 heterocycles. The van der Waals surface area contributed by atoms with E-state index < -0.39 is 5.97 Å². The number of carboxylic acids is 1. The molecule has 1 rings (SSSR count). The van der Waals surface area contributed by atoms with Gasteiger partial charge in [-0.3, -0.25) is 4.79 Å². The van der Waals surface area contributed by atoms with Crippen LogP contribution < -0.4 is 14.8 Å². The van der Waals surface area contributed by atoms with Gasteiger partial charge in [0, 0.05) is 17.5 Å². The summed E-state index contributed by atoms with van der Waals surface area (Å²) in [4.78, 5) is 10.5. The van der Waals surface area contributed by atoms with Gasteiger partial charge in [0.25, 0.3) is 0 Å². The third kappa shape index (κ3) is 4.13. The van der Waals surface area contributed by atoms with Crippen molar-refractivity contribution >= 4 is 5.97 Å². The van der Waals surface area contributed by atoms with Crippen molar-refractivity contribution in [3.8, 4) is 11.5 Å². The Morgan fingerprint density at radius 2 is 2.00 bits per heavy atom. The molecule has 0 aliphatic heterocycles. The lowest BCUT2D eigenvalue weighted by atomic mass is 9.83. The average Bonchev–Trinajstić information content (AvgIpc) is 2.37. The van der Waals surface area contributed by atoms with E-state index in [-0.39, 0.29) is 12.0 Å². The van der Waals surface area contributed by atoms with Crippen molar-refractivity contribution in [3.05, 3.63) is 23.8 Å². The maximum atomic E-state index is 10.5. The lowest BCUT2D eigenvalue weighted by Gasteiger charge is -2.27. The molecule has 1 aromatic rings. The van der Waals surface area contributed by atoms with E-state index in [4.69, 9.17) is 14.6 Å². The van der Waals surface area contributed by atoms with E-state index in [1.807, 2.05) is 32.0 Å². The number of hydrogen-bond acceptors (Lipinski definition) is 4. The molecule has 1 aromatic carbocycles. The highest BCUT2D eigenvalue weighted by molar-refractivity contribution is 5.69. The summed E-state index contributed by atoms with van der Waals surface area (Å²) in [6.45, 7) is 4.52. The third-order valence-corrected chi connectivity index (χ3v) is 2.98. The lowest BCUT2D eigenvalue weighted by Crippen LogP contribution is -2.36. The van der Waals surface area contributed by atoms with E-state index in [2.05, 4.69) is 5.32 Å². The number of aliphatic carboxylic acids is 1. The van der Waals surface area contributed by atoms with Gasteiger partial charge < -0.3 is 19.9 Å². The summed E-state index contributed by atoms with van der Waals surface area (Å²) >= 11 is 0. The fraction of sp³-hybridized carbons (Fsp3) is 0.500. The second-order valence-electron chi connectivity index (χ2n) is 4.95. The van der Waals surface area contributed by atoms with Gasteiger partial charge in [-0.25, -0.2) is 0 Å². The smallest absolute Gasteiger partial charge is 0.317 e. The van der Waals surface area contributed by atoms with Crippen LogP contribution in [0.15, 0.2) is 18.2 Å². The highest BCUT2D eigenvalue weighted by Crippen LogP contribution is 2.34. The molecule has 0 saturated heterocycles. The molecule has 106 valence electrons. The predicted octanol–water partition coefficient (Wildman–Crippen LogP) is 1.66. The van der Waals surface area contributed by atoms with E-state index in [1.165, 1.54) is 0 Å². The predicted molar refractivity (Wildman–Crippen MR) is 73.1 cm³/mol. The van der Waals surface area contributed by atoms with E-state index in [0.717, 1.165) is 17.1 Å². The minimum absolute atomic E-state index is 0.0598. The molecule has 19 heavy (non-hydrogen) atoms. The summed E-state index contributed by atoms with van der Waals surface area (Å²) in [5.74, 6) is 0.651. The molecule has 5 heteroatoms. The van der Waals surface area contributed by atoms with Crippen LogP contribution in [0.5, 0.6) is 11.5 Å². The van der Waals surface area contributed by atoms with E-state index in [1.54, 1.807) is 14.2 Å². The SMILES string of the molecule is COc1ccc(OC)c(C(C)(C)CNCC(=O)O)c1. The van der Waals surface area contributed by atoms with Gasteiger partial charge in [-0.2, -0.15) is 0 Å². The Hall–Kier alpha value is -1.75. The Bertz CT molecular complexity index is 443. The normalized spacial score (nSPS) is 11.2. The molecule has 0 unspecified atom stereocenters. The number of carbonyl (C=O) groups is 1. The zero-order chi connectivity index (χ0) is 14.5. The van der Waals surface area contributed by atoms with E-state index in [9.17, 15) is 4.79 Å². The Balaban J connectivity index is 2.94. The largest absolute Gasteiger partial charge is 0.497 e. The fourth-order valence-electron chi connectivity index (χ4n) is 1.92. The van der Waals surface area contributed by atoms with E-state index in [0.29, 0.717) is 6.54 Å².